The van der Waals surface area contributed by atoms with E-state index in [4.69, 9.17) is 19.9 Å². The first-order valence-electron chi connectivity index (χ1n) is 11.2. The van der Waals surface area contributed by atoms with E-state index in [0.29, 0.717) is 18.6 Å². The molecule has 1 unspecified atom stereocenters. The molecule has 0 bridgehead atoms. The Morgan fingerprint density at radius 3 is 2.19 bits per heavy atom. The van der Waals surface area contributed by atoms with Gasteiger partial charge in [0.1, 0.15) is 17.7 Å². The number of hydrogen-bond donors (Lipinski definition) is 2. The van der Waals surface area contributed by atoms with Crippen molar-refractivity contribution in [3.63, 3.8) is 0 Å². The second kappa shape index (κ2) is 15.7. The van der Waals surface area contributed by atoms with E-state index in [1.165, 1.54) is 44.2 Å². The predicted molar refractivity (Wildman–Crippen MR) is 135 cm³/mol. The normalized spacial score (nSPS) is 10.5. The van der Waals surface area contributed by atoms with Gasteiger partial charge in [-0.3, -0.25) is 9.59 Å². The fourth-order valence-corrected chi connectivity index (χ4v) is 2.86. The number of pyridine rings is 1. The minimum absolute atomic E-state index is 0.179. The lowest BCUT2D eigenvalue weighted by Crippen LogP contribution is -2.16. The highest BCUT2D eigenvalue weighted by molar-refractivity contribution is 5.94. The summed E-state index contributed by atoms with van der Waals surface area (Å²) in [5, 5.41) is 9.27. The topological polar surface area (TPSA) is 121 Å². The maximum Gasteiger partial charge on any atom is 0.305 e. The molecule has 194 valence electrons. The number of methoxy groups -OCH3 is 2. The largest absolute Gasteiger partial charge is 0.503 e. The van der Waals surface area contributed by atoms with Gasteiger partial charge < -0.3 is 25.1 Å². The highest BCUT2D eigenvalue weighted by Crippen LogP contribution is 2.26. The van der Waals surface area contributed by atoms with E-state index in [-0.39, 0.29) is 35.1 Å². The number of primary amides is 1. The molecule has 0 fully saturated rings. The number of aromatic nitrogens is 1. The maximum atomic E-state index is 13.0. The number of amides is 1. The van der Waals surface area contributed by atoms with E-state index in [1.54, 1.807) is 19.9 Å². The third-order valence-corrected chi connectivity index (χ3v) is 4.66. The Balaban J connectivity index is 0.000000295. The maximum absolute atomic E-state index is 13.0. The molecule has 9 heteroatoms. The van der Waals surface area contributed by atoms with Crippen molar-refractivity contribution in [1.29, 1.82) is 0 Å². The molecule has 0 radical (unpaired) electrons. The minimum atomic E-state index is -0.786. The predicted octanol–water partition coefficient (Wildman–Crippen LogP) is 4.61. The second-order valence-corrected chi connectivity index (χ2v) is 7.54. The van der Waals surface area contributed by atoms with E-state index >= 15 is 0 Å². The number of hydrogen-bond acceptors (Lipinski definition) is 7. The van der Waals surface area contributed by atoms with Crippen molar-refractivity contribution < 1.29 is 33.3 Å². The molecule has 0 saturated heterocycles. The summed E-state index contributed by atoms with van der Waals surface area (Å²) in [4.78, 5) is 25.3. The van der Waals surface area contributed by atoms with Crippen molar-refractivity contribution in [1.82, 2.24) is 4.98 Å². The van der Waals surface area contributed by atoms with Crippen molar-refractivity contribution >= 4 is 11.9 Å². The Bertz CT molecular complexity index is 1110. The first kappa shape index (κ1) is 29.9. The van der Waals surface area contributed by atoms with Gasteiger partial charge in [-0.2, -0.15) is 0 Å². The number of aromatic hydroxyl groups is 1. The Labute approximate surface area is 210 Å². The van der Waals surface area contributed by atoms with E-state index in [2.05, 4.69) is 24.0 Å². The molecule has 0 saturated carbocycles. The number of nitrogens with two attached hydrogens (primary N) is 1. The van der Waals surface area contributed by atoms with Crippen LogP contribution in [0.5, 0.6) is 17.2 Å². The van der Waals surface area contributed by atoms with Gasteiger partial charge in [-0.25, -0.2) is 9.37 Å². The Hall–Kier alpha value is -4.14. The highest BCUT2D eigenvalue weighted by atomic mass is 19.1. The minimum Gasteiger partial charge on any atom is -0.503 e. The number of rotatable bonds is 7. The van der Waals surface area contributed by atoms with Crippen molar-refractivity contribution in [2.45, 2.75) is 39.7 Å². The number of carbonyl (C=O) groups is 2. The lowest BCUT2D eigenvalue weighted by atomic mass is 10.1. The third kappa shape index (κ3) is 10.4. The van der Waals surface area contributed by atoms with Crippen LogP contribution < -0.4 is 15.2 Å². The zero-order valence-corrected chi connectivity index (χ0v) is 21.2. The lowest BCUT2D eigenvalue weighted by molar-refractivity contribution is -0.147. The second-order valence-electron chi connectivity index (χ2n) is 7.54. The lowest BCUT2D eigenvalue weighted by Gasteiger charge is -2.14. The summed E-state index contributed by atoms with van der Waals surface area (Å²) in [5.74, 6) is -1.04. The average Bonchev–Trinajstić information content (AvgIpc) is 2.86. The molecule has 1 atom stereocenters. The third-order valence-electron chi connectivity index (χ3n) is 4.66. The molecule has 0 aliphatic heterocycles. The number of ether oxygens (including phenoxy) is 3. The van der Waals surface area contributed by atoms with E-state index in [1.807, 2.05) is 18.2 Å². The van der Waals surface area contributed by atoms with Crippen molar-refractivity contribution in [3.8, 4) is 17.2 Å². The Kier molecular flexibility index (Phi) is 13.0. The molecule has 1 aromatic heterocycles. The van der Waals surface area contributed by atoms with Gasteiger partial charge in [0.05, 0.1) is 14.2 Å². The summed E-state index contributed by atoms with van der Waals surface area (Å²) in [5.41, 5.74) is 6.88. The number of nitrogens with zero attached hydrogens (tertiary/aromatic N) is 1. The molecule has 3 N–H and O–H groups in total. The van der Waals surface area contributed by atoms with Gasteiger partial charge in [0.15, 0.2) is 17.2 Å². The van der Waals surface area contributed by atoms with Gasteiger partial charge in [-0.15, -0.1) is 0 Å². The van der Waals surface area contributed by atoms with Crippen LogP contribution >= 0.6 is 0 Å². The summed E-state index contributed by atoms with van der Waals surface area (Å²) in [7, 11) is 2.86. The van der Waals surface area contributed by atoms with Crippen LogP contribution in [0.4, 0.5) is 4.39 Å². The van der Waals surface area contributed by atoms with Crippen molar-refractivity contribution in [3.05, 3.63) is 83.4 Å². The summed E-state index contributed by atoms with van der Waals surface area (Å²) >= 11 is 0. The Morgan fingerprint density at radius 2 is 1.69 bits per heavy atom. The van der Waals surface area contributed by atoms with Gasteiger partial charge in [-0.1, -0.05) is 48.9 Å². The van der Waals surface area contributed by atoms with Crippen LogP contribution in [-0.2, 0) is 16.0 Å². The molecule has 0 aliphatic rings. The van der Waals surface area contributed by atoms with E-state index in [9.17, 15) is 19.1 Å². The molecule has 8 nitrogen and oxygen atoms in total. The average molecular weight is 501 g/mol. The van der Waals surface area contributed by atoms with Crippen LogP contribution in [0.15, 0.2) is 60.8 Å². The van der Waals surface area contributed by atoms with Gasteiger partial charge in [0.25, 0.3) is 5.91 Å². The number of esters is 1. The standard InChI is InChI=1S/C13H17FO3.C7H8N2O3.C7H8/c1-4-13(15)17-9(2)7-10-5-6-11(14)8-12(10)16-3;1-12-4-2-3-9-5(6(4)10)7(8)11;1-7-5-3-2-4-6-7/h5-6,8-9H,4,7H2,1-3H3;2-3,10H,1H3,(H2,8,11);2-6H,1H3. The Morgan fingerprint density at radius 1 is 1.06 bits per heavy atom. The van der Waals surface area contributed by atoms with Crippen LogP contribution in [0, 0.1) is 12.7 Å². The first-order chi connectivity index (χ1) is 17.1. The summed E-state index contributed by atoms with van der Waals surface area (Å²) in [6, 6.07) is 16.0. The van der Waals surface area contributed by atoms with E-state index < -0.39 is 5.91 Å². The van der Waals surface area contributed by atoms with Crippen LogP contribution in [0.2, 0.25) is 0 Å². The van der Waals surface area contributed by atoms with Gasteiger partial charge in [0.2, 0.25) is 0 Å². The number of benzene rings is 2. The molecule has 1 heterocycles. The fourth-order valence-electron chi connectivity index (χ4n) is 2.86. The quantitative estimate of drug-likeness (QED) is 0.455. The van der Waals surface area contributed by atoms with Crippen molar-refractivity contribution in [2.24, 2.45) is 5.73 Å². The number of halogens is 1. The number of carbonyl (C=O) groups excluding carboxylic acids is 2. The monoisotopic (exact) mass is 500 g/mol. The van der Waals surface area contributed by atoms with Crippen molar-refractivity contribution in [2.75, 3.05) is 14.2 Å². The molecule has 0 aliphatic carbocycles. The summed E-state index contributed by atoms with van der Waals surface area (Å²) in [6.07, 6.45) is 1.94. The smallest absolute Gasteiger partial charge is 0.305 e. The zero-order valence-electron chi connectivity index (χ0n) is 21.2. The zero-order chi connectivity index (χ0) is 27.1. The first-order valence-corrected chi connectivity index (χ1v) is 11.2. The molecular weight excluding hydrogens is 467 g/mol. The molecule has 0 spiro atoms. The summed E-state index contributed by atoms with van der Waals surface area (Å²) in [6.45, 7) is 5.63. The highest BCUT2D eigenvalue weighted by Gasteiger charge is 2.13. The molecule has 2 aromatic carbocycles. The van der Waals surface area contributed by atoms with Gasteiger partial charge in [0, 0.05) is 31.2 Å². The molecule has 36 heavy (non-hydrogen) atoms. The van der Waals surface area contributed by atoms with Crippen LogP contribution in [0.1, 0.15) is 41.9 Å². The number of aryl methyl sites for hydroxylation is 1. The van der Waals surface area contributed by atoms with Gasteiger partial charge in [-0.05, 0) is 25.5 Å². The van der Waals surface area contributed by atoms with Crippen LogP contribution in [0.25, 0.3) is 0 Å². The SMILES string of the molecule is CCC(=O)OC(C)Cc1ccc(F)cc1OC.COc1ccnc(C(N)=O)c1O.Cc1ccccc1. The molecule has 3 rings (SSSR count). The van der Waals surface area contributed by atoms with Crippen LogP contribution in [-0.4, -0.2) is 42.3 Å². The molecule has 3 aromatic rings. The summed E-state index contributed by atoms with van der Waals surface area (Å²) < 4.78 is 27.9. The van der Waals surface area contributed by atoms with Gasteiger partial charge >= 0.3 is 5.97 Å². The van der Waals surface area contributed by atoms with Crippen LogP contribution in [0.3, 0.4) is 0 Å². The van der Waals surface area contributed by atoms with E-state index in [0.717, 1.165) is 5.56 Å². The molecule has 1 amide bonds. The molecular formula is C27H33FN2O6. The fraction of sp³-hybridized carbons (Fsp3) is 0.296.